The molecule has 0 radical (unpaired) electrons. The molecule has 4 heteroatoms. The Morgan fingerprint density at radius 1 is 1.10 bits per heavy atom. The summed E-state index contributed by atoms with van der Waals surface area (Å²) in [5.74, 6) is -0.162. The molecule has 3 nitrogen and oxygen atoms in total. The molecule has 20 heavy (non-hydrogen) atoms. The van der Waals surface area contributed by atoms with E-state index < -0.39 is 0 Å². The molecule has 0 saturated heterocycles. The van der Waals surface area contributed by atoms with Crippen LogP contribution in [0.3, 0.4) is 0 Å². The minimum atomic E-state index is -0.162. The van der Waals surface area contributed by atoms with E-state index in [0.717, 1.165) is 16.9 Å². The molecule has 1 N–H and O–H groups in total. The van der Waals surface area contributed by atoms with Crippen LogP contribution >= 0.6 is 11.6 Å². The van der Waals surface area contributed by atoms with Crippen molar-refractivity contribution in [2.24, 2.45) is 0 Å². The van der Waals surface area contributed by atoms with Gasteiger partial charge in [0.15, 0.2) is 0 Å². The maximum Gasteiger partial charge on any atom is 0.255 e. The average Bonchev–Trinajstić information content (AvgIpc) is 2.42. The van der Waals surface area contributed by atoms with Gasteiger partial charge in [0.1, 0.15) is 0 Å². The maximum absolute atomic E-state index is 12.1. The number of nitrogens with one attached hydrogen (secondary N) is 1. The molecule has 2 aromatic carbocycles. The minimum absolute atomic E-state index is 0.162. The van der Waals surface area contributed by atoms with Crippen LogP contribution in [0.1, 0.15) is 15.9 Å². The summed E-state index contributed by atoms with van der Waals surface area (Å²) in [6.07, 6.45) is 0. The second-order valence-electron chi connectivity index (χ2n) is 4.86. The van der Waals surface area contributed by atoms with Crippen molar-refractivity contribution in [2.45, 2.75) is 6.92 Å². The van der Waals surface area contributed by atoms with E-state index in [1.54, 1.807) is 12.1 Å². The number of carbonyl (C=O) groups is 1. The number of anilines is 2. The highest BCUT2D eigenvalue weighted by Crippen LogP contribution is 2.19. The van der Waals surface area contributed by atoms with Gasteiger partial charge in [-0.2, -0.15) is 0 Å². The zero-order valence-electron chi connectivity index (χ0n) is 11.8. The lowest BCUT2D eigenvalue weighted by Crippen LogP contribution is -2.12. The Hall–Kier alpha value is -2.00. The second-order valence-corrected chi connectivity index (χ2v) is 5.27. The number of carbonyl (C=O) groups excluding carboxylic acids is 1. The lowest BCUT2D eigenvalue weighted by molar-refractivity contribution is 0.102. The third kappa shape index (κ3) is 3.31. The van der Waals surface area contributed by atoms with Gasteiger partial charge in [0.2, 0.25) is 0 Å². The van der Waals surface area contributed by atoms with E-state index in [-0.39, 0.29) is 5.91 Å². The first kappa shape index (κ1) is 14.4. The van der Waals surface area contributed by atoms with Gasteiger partial charge in [0.05, 0.1) is 0 Å². The summed E-state index contributed by atoms with van der Waals surface area (Å²) < 4.78 is 0. The Morgan fingerprint density at radius 3 is 2.30 bits per heavy atom. The fourth-order valence-electron chi connectivity index (χ4n) is 1.78. The van der Waals surface area contributed by atoms with Crippen molar-refractivity contribution in [2.75, 3.05) is 24.3 Å². The molecule has 0 bridgehead atoms. The van der Waals surface area contributed by atoms with Gasteiger partial charge < -0.3 is 10.2 Å². The fraction of sp³-hybridized carbons (Fsp3) is 0.188. The van der Waals surface area contributed by atoms with Crippen molar-refractivity contribution in [1.29, 1.82) is 0 Å². The first-order valence-electron chi connectivity index (χ1n) is 6.32. The van der Waals surface area contributed by atoms with E-state index in [1.807, 2.05) is 56.3 Å². The molecule has 0 atom stereocenters. The van der Waals surface area contributed by atoms with E-state index in [4.69, 9.17) is 11.6 Å². The number of hydrogen-bond donors (Lipinski definition) is 1. The minimum Gasteiger partial charge on any atom is -0.378 e. The lowest BCUT2D eigenvalue weighted by atomic mass is 10.1. The molecule has 0 heterocycles. The Balaban J connectivity index is 2.12. The van der Waals surface area contributed by atoms with Crippen molar-refractivity contribution in [3.63, 3.8) is 0 Å². The highest BCUT2D eigenvalue weighted by molar-refractivity contribution is 6.31. The van der Waals surface area contributed by atoms with Crippen LogP contribution in [0.15, 0.2) is 42.5 Å². The Labute approximate surface area is 124 Å². The van der Waals surface area contributed by atoms with Gasteiger partial charge in [-0.1, -0.05) is 17.7 Å². The van der Waals surface area contributed by atoms with Crippen molar-refractivity contribution >= 4 is 28.9 Å². The number of halogens is 1. The molecule has 0 aliphatic heterocycles. The van der Waals surface area contributed by atoms with Crippen molar-refractivity contribution < 1.29 is 4.79 Å². The number of amides is 1. The van der Waals surface area contributed by atoms with Crippen LogP contribution in [0.25, 0.3) is 0 Å². The summed E-state index contributed by atoms with van der Waals surface area (Å²) in [6, 6.07) is 13.0. The van der Waals surface area contributed by atoms with Crippen LogP contribution in [-0.4, -0.2) is 20.0 Å². The van der Waals surface area contributed by atoms with Crippen molar-refractivity contribution in [1.82, 2.24) is 0 Å². The van der Waals surface area contributed by atoms with E-state index in [0.29, 0.717) is 10.6 Å². The van der Waals surface area contributed by atoms with Crippen LogP contribution in [0.4, 0.5) is 11.4 Å². The molecule has 0 unspecified atom stereocenters. The van der Waals surface area contributed by atoms with Gasteiger partial charge in [-0.3, -0.25) is 4.79 Å². The zero-order valence-corrected chi connectivity index (χ0v) is 12.5. The SMILES string of the molecule is Cc1ccc(C(=O)Nc2ccc(N(C)C)cc2)cc1Cl. The Bertz CT molecular complexity index is 621. The van der Waals surface area contributed by atoms with Crippen LogP contribution in [-0.2, 0) is 0 Å². The van der Waals surface area contributed by atoms with E-state index in [1.165, 1.54) is 0 Å². The summed E-state index contributed by atoms with van der Waals surface area (Å²) in [5.41, 5.74) is 3.36. The summed E-state index contributed by atoms with van der Waals surface area (Å²) in [4.78, 5) is 14.1. The quantitative estimate of drug-likeness (QED) is 0.927. The maximum atomic E-state index is 12.1. The lowest BCUT2D eigenvalue weighted by Gasteiger charge is -2.13. The Morgan fingerprint density at radius 2 is 1.75 bits per heavy atom. The van der Waals surface area contributed by atoms with Crippen LogP contribution in [0.2, 0.25) is 5.02 Å². The third-order valence-corrected chi connectivity index (χ3v) is 3.48. The number of benzene rings is 2. The molecule has 2 aromatic rings. The summed E-state index contributed by atoms with van der Waals surface area (Å²) in [7, 11) is 3.95. The number of nitrogens with zero attached hydrogens (tertiary/aromatic N) is 1. The second kappa shape index (κ2) is 5.97. The molecule has 0 fully saturated rings. The molecule has 104 valence electrons. The summed E-state index contributed by atoms with van der Waals surface area (Å²) >= 11 is 6.03. The molecule has 0 saturated carbocycles. The van der Waals surface area contributed by atoms with E-state index >= 15 is 0 Å². The van der Waals surface area contributed by atoms with Crippen molar-refractivity contribution in [3.8, 4) is 0 Å². The van der Waals surface area contributed by atoms with Gasteiger partial charge >= 0.3 is 0 Å². The molecule has 0 aliphatic carbocycles. The highest BCUT2D eigenvalue weighted by Gasteiger charge is 2.08. The predicted molar refractivity (Wildman–Crippen MR) is 84.9 cm³/mol. The van der Waals surface area contributed by atoms with Gasteiger partial charge in [0, 0.05) is 36.1 Å². The van der Waals surface area contributed by atoms with E-state index in [2.05, 4.69) is 5.32 Å². The van der Waals surface area contributed by atoms with Crippen LogP contribution < -0.4 is 10.2 Å². The first-order valence-corrected chi connectivity index (χ1v) is 6.70. The Kier molecular flexibility index (Phi) is 4.30. The number of hydrogen-bond acceptors (Lipinski definition) is 2. The molecule has 0 aliphatic rings. The zero-order chi connectivity index (χ0) is 14.7. The van der Waals surface area contributed by atoms with Gasteiger partial charge in [0.25, 0.3) is 5.91 Å². The molecule has 0 aromatic heterocycles. The topological polar surface area (TPSA) is 32.3 Å². The third-order valence-electron chi connectivity index (χ3n) is 3.08. The monoisotopic (exact) mass is 288 g/mol. The summed E-state index contributed by atoms with van der Waals surface area (Å²) in [5, 5.41) is 3.45. The smallest absolute Gasteiger partial charge is 0.255 e. The molecule has 0 spiro atoms. The average molecular weight is 289 g/mol. The van der Waals surface area contributed by atoms with Gasteiger partial charge in [-0.05, 0) is 48.9 Å². The van der Waals surface area contributed by atoms with Gasteiger partial charge in [-0.15, -0.1) is 0 Å². The first-order chi connectivity index (χ1) is 9.47. The molecule has 2 rings (SSSR count). The summed E-state index contributed by atoms with van der Waals surface area (Å²) in [6.45, 7) is 1.91. The largest absolute Gasteiger partial charge is 0.378 e. The van der Waals surface area contributed by atoms with Gasteiger partial charge in [-0.25, -0.2) is 0 Å². The number of aryl methyl sites for hydroxylation is 1. The standard InChI is InChI=1S/C16H17ClN2O/c1-11-4-5-12(10-15(11)17)16(20)18-13-6-8-14(9-7-13)19(2)3/h4-10H,1-3H3,(H,18,20). The highest BCUT2D eigenvalue weighted by atomic mass is 35.5. The molecule has 1 amide bonds. The molecular weight excluding hydrogens is 272 g/mol. The van der Waals surface area contributed by atoms with E-state index in [9.17, 15) is 4.79 Å². The fourth-order valence-corrected chi connectivity index (χ4v) is 1.96. The number of rotatable bonds is 3. The molecular formula is C16H17ClN2O. The van der Waals surface area contributed by atoms with Crippen molar-refractivity contribution in [3.05, 3.63) is 58.6 Å². The van der Waals surface area contributed by atoms with Crippen LogP contribution in [0.5, 0.6) is 0 Å². The normalized spacial score (nSPS) is 10.2. The van der Waals surface area contributed by atoms with Crippen LogP contribution in [0, 0.1) is 6.92 Å². The predicted octanol–water partition coefficient (Wildman–Crippen LogP) is 3.97.